The van der Waals surface area contributed by atoms with Gasteiger partial charge in [-0.15, -0.1) is 0 Å². The zero-order valence-electron chi connectivity index (χ0n) is 15.3. The molecule has 29 heavy (non-hydrogen) atoms. The molecule has 0 bridgehead atoms. The van der Waals surface area contributed by atoms with Gasteiger partial charge in [0.05, 0.1) is 5.69 Å². The Kier molecular flexibility index (Phi) is 5.25. The smallest absolute Gasteiger partial charge is 0.255 e. The zero-order valence-corrected chi connectivity index (χ0v) is 15.3. The molecule has 1 aromatic heterocycles. The highest BCUT2D eigenvalue weighted by molar-refractivity contribution is 6.04. The van der Waals surface area contributed by atoms with Gasteiger partial charge in [0.2, 0.25) is 0 Å². The summed E-state index contributed by atoms with van der Waals surface area (Å²) >= 11 is 0. The van der Waals surface area contributed by atoms with Crippen molar-refractivity contribution in [3.63, 3.8) is 0 Å². The molecule has 0 unspecified atom stereocenters. The van der Waals surface area contributed by atoms with Gasteiger partial charge in [0.15, 0.2) is 0 Å². The average Bonchev–Trinajstić information content (AvgIpc) is 2.75. The van der Waals surface area contributed by atoms with E-state index in [1.165, 1.54) is 18.5 Å². The number of aromatic nitrogens is 2. The summed E-state index contributed by atoms with van der Waals surface area (Å²) in [6.07, 6.45) is 1.49. The molecule has 4 aromatic rings. The maximum Gasteiger partial charge on any atom is 0.255 e. The highest BCUT2D eigenvalue weighted by Gasteiger charge is 2.08. The van der Waals surface area contributed by atoms with Gasteiger partial charge in [0.25, 0.3) is 5.91 Å². The van der Waals surface area contributed by atoms with E-state index in [-0.39, 0.29) is 5.91 Å². The molecule has 0 fully saturated rings. The molecule has 2 N–H and O–H groups in total. The van der Waals surface area contributed by atoms with Gasteiger partial charge < -0.3 is 10.6 Å². The van der Waals surface area contributed by atoms with Crippen LogP contribution in [0.3, 0.4) is 0 Å². The third-order valence-corrected chi connectivity index (χ3v) is 4.22. The summed E-state index contributed by atoms with van der Waals surface area (Å²) in [6.45, 7) is 0. The maximum atomic E-state index is 13.3. The molecule has 4 rings (SSSR count). The molecular formula is C23H17FN4O. The number of hydrogen-bond acceptors (Lipinski definition) is 4. The molecule has 142 valence electrons. The highest BCUT2D eigenvalue weighted by Crippen LogP contribution is 2.22. The van der Waals surface area contributed by atoms with Crippen LogP contribution in [0.2, 0.25) is 0 Å². The van der Waals surface area contributed by atoms with Gasteiger partial charge in [-0.3, -0.25) is 4.79 Å². The molecule has 1 amide bonds. The molecule has 0 saturated carbocycles. The second kappa shape index (κ2) is 8.31. The Labute approximate surface area is 167 Å². The molecule has 6 heteroatoms. The summed E-state index contributed by atoms with van der Waals surface area (Å²) < 4.78 is 13.3. The summed E-state index contributed by atoms with van der Waals surface area (Å²) in [5, 5.41) is 5.88. The maximum absolute atomic E-state index is 13.3. The lowest BCUT2D eigenvalue weighted by atomic mass is 10.1. The van der Waals surface area contributed by atoms with Crippen molar-refractivity contribution in [3.8, 4) is 11.3 Å². The van der Waals surface area contributed by atoms with E-state index in [1.54, 1.807) is 30.3 Å². The van der Waals surface area contributed by atoms with Crippen LogP contribution in [-0.2, 0) is 0 Å². The van der Waals surface area contributed by atoms with Gasteiger partial charge in [-0.1, -0.05) is 42.5 Å². The lowest BCUT2D eigenvalue weighted by Gasteiger charge is -2.09. The first-order chi connectivity index (χ1) is 14.2. The van der Waals surface area contributed by atoms with Crippen LogP contribution in [0, 0.1) is 5.82 Å². The van der Waals surface area contributed by atoms with E-state index < -0.39 is 5.82 Å². The monoisotopic (exact) mass is 384 g/mol. The third-order valence-electron chi connectivity index (χ3n) is 4.22. The van der Waals surface area contributed by atoms with Crippen molar-refractivity contribution in [2.75, 3.05) is 10.6 Å². The molecule has 0 atom stereocenters. The molecule has 0 aliphatic heterocycles. The van der Waals surface area contributed by atoms with Crippen molar-refractivity contribution in [2.24, 2.45) is 0 Å². The van der Waals surface area contributed by atoms with E-state index in [0.717, 1.165) is 11.3 Å². The number of benzene rings is 3. The Morgan fingerprint density at radius 2 is 1.59 bits per heavy atom. The second-order valence-electron chi connectivity index (χ2n) is 6.32. The van der Waals surface area contributed by atoms with Gasteiger partial charge in [-0.05, 0) is 36.4 Å². The van der Waals surface area contributed by atoms with Crippen LogP contribution in [0.5, 0.6) is 0 Å². The molecular weight excluding hydrogens is 367 g/mol. The largest absolute Gasteiger partial charge is 0.340 e. The molecule has 0 spiro atoms. The number of nitrogens with zero attached hydrogens (tertiary/aromatic N) is 2. The minimum absolute atomic E-state index is 0.327. The number of halogens is 1. The standard InChI is InChI=1S/C23H17FN4O/c24-18-9-5-11-20(13-18)28-23(29)17-8-4-10-19(12-17)27-22-14-21(25-15-26-22)16-6-2-1-3-7-16/h1-15H,(H,28,29)(H,25,26,27). The molecule has 0 aliphatic rings. The first-order valence-electron chi connectivity index (χ1n) is 8.99. The number of carbonyl (C=O) groups is 1. The number of anilines is 3. The first kappa shape index (κ1) is 18.3. The quantitative estimate of drug-likeness (QED) is 0.491. The van der Waals surface area contributed by atoms with Gasteiger partial charge in [-0.2, -0.15) is 0 Å². The van der Waals surface area contributed by atoms with Crippen molar-refractivity contribution in [3.05, 3.63) is 103 Å². The predicted molar refractivity (Wildman–Crippen MR) is 112 cm³/mol. The number of carbonyl (C=O) groups excluding carboxylic acids is 1. The van der Waals surface area contributed by atoms with E-state index in [2.05, 4.69) is 20.6 Å². The van der Waals surface area contributed by atoms with E-state index >= 15 is 0 Å². The Morgan fingerprint density at radius 3 is 2.41 bits per heavy atom. The summed E-state index contributed by atoms with van der Waals surface area (Å²) in [5.41, 5.74) is 3.33. The first-order valence-corrected chi connectivity index (χ1v) is 8.99. The van der Waals surface area contributed by atoms with Crippen molar-refractivity contribution in [1.29, 1.82) is 0 Å². The van der Waals surface area contributed by atoms with Gasteiger partial charge in [0, 0.05) is 28.6 Å². The van der Waals surface area contributed by atoms with E-state index in [1.807, 2.05) is 42.5 Å². The number of amides is 1. The number of rotatable bonds is 5. The number of nitrogens with one attached hydrogen (secondary N) is 2. The molecule has 1 heterocycles. The summed E-state index contributed by atoms with van der Waals surface area (Å²) in [7, 11) is 0. The lowest BCUT2D eigenvalue weighted by Crippen LogP contribution is -2.12. The van der Waals surface area contributed by atoms with Crippen LogP contribution in [0.15, 0.2) is 91.3 Å². The number of hydrogen-bond donors (Lipinski definition) is 2. The molecule has 3 aromatic carbocycles. The van der Waals surface area contributed by atoms with Gasteiger partial charge in [0.1, 0.15) is 18.0 Å². The van der Waals surface area contributed by atoms with Crippen LogP contribution in [0.4, 0.5) is 21.6 Å². The summed E-state index contributed by atoms with van der Waals surface area (Å²) in [6, 6.07) is 24.4. The zero-order chi connectivity index (χ0) is 20.1. The van der Waals surface area contributed by atoms with Crippen molar-refractivity contribution < 1.29 is 9.18 Å². The summed E-state index contributed by atoms with van der Waals surface area (Å²) in [4.78, 5) is 21.0. The van der Waals surface area contributed by atoms with E-state index in [0.29, 0.717) is 22.8 Å². The van der Waals surface area contributed by atoms with Crippen LogP contribution in [0.25, 0.3) is 11.3 Å². The van der Waals surface area contributed by atoms with E-state index in [9.17, 15) is 9.18 Å². The molecule has 0 aliphatic carbocycles. The highest BCUT2D eigenvalue weighted by atomic mass is 19.1. The topological polar surface area (TPSA) is 66.9 Å². The van der Waals surface area contributed by atoms with Crippen LogP contribution >= 0.6 is 0 Å². The fraction of sp³-hybridized carbons (Fsp3) is 0. The SMILES string of the molecule is O=C(Nc1cccc(F)c1)c1cccc(Nc2cc(-c3ccccc3)ncn2)c1. The Morgan fingerprint density at radius 1 is 0.793 bits per heavy atom. The Balaban J connectivity index is 1.51. The second-order valence-corrected chi connectivity index (χ2v) is 6.32. The molecule has 5 nitrogen and oxygen atoms in total. The Hall–Kier alpha value is -4.06. The lowest BCUT2D eigenvalue weighted by molar-refractivity contribution is 0.102. The average molecular weight is 384 g/mol. The fourth-order valence-electron chi connectivity index (χ4n) is 2.85. The Bertz CT molecular complexity index is 1150. The molecule has 0 radical (unpaired) electrons. The van der Waals surface area contributed by atoms with Gasteiger partial charge >= 0.3 is 0 Å². The van der Waals surface area contributed by atoms with Gasteiger partial charge in [-0.25, -0.2) is 14.4 Å². The predicted octanol–water partition coefficient (Wildman–Crippen LogP) is 5.28. The van der Waals surface area contributed by atoms with Crippen molar-refractivity contribution in [1.82, 2.24) is 9.97 Å². The third kappa shape index (κ3) is 4.62. The van der Waals surface area contributed by atoms with Crippen LogP contribution < -0.4 is 10.6 Å². The normalized spacial score (nSPS) is 10.4. The van der Waals surface area contributed by atoms with Crippen molar-refractivity contribution in [2.45, 2.75) is 0 Å². The van der Waals surface area contributed by atoms with E-state index in [4.69, 9.17) is 0 Å². The minimum Gasteiger partial charge on any atom is -0.340 e. The van der Waals surface area contributed by atoms with Crippen LogP contribution in [-0.4, -0.2) is 15.9 Å². The van der Waals surface area contributed by atoms with Crippen LogP contribution in [0.1, 0.15) is 10.4 Å². The minimum atomic E-state index is -0.406. The van der Waals surface area contributed by atoms with Crippen molar-refractivity contribution >= 4 is 23.1 Å². The molecule has 0 saturated heterocycles. The summed E-state index contributed by atoms with van der Waals surface area (Å²) in [5.74, 6) is -0.121. The fourth-order valence-corrected chi connectivity index (χ4v) is 2.85.